The minimum Gasteiger partial charge on any atom is -0.286 e. The smallest absolute Gasteiger partial charge is 0.286 e. The van der Waals surface area contributed by atoms with Crippen molar-refractivity contribution in [1.29, 1.82) is 0 Å². The zero-order valence-electron chi connectivity index (χ0n) is 26.6. The van der Waals surface area contributed by atoms with Gasteiger partial charge in [-0.1, -0.05) is 44.9 Å². The van der Waals surface area contributed by atoms with Gasteiger partial charge >= 0.3 is 0 Å². The van der Waals surface area contributed by atoms with E-state index in [0.717, 1.165) is 12.8 Å². The molecule has 17 atom stereocenters. The van der Waals surface area contributed by atoms with E-state index >= 15 is 0 Å². The standard InChI is InChI=1S/C32H57N9O3S/c33-44-45(42,43)23-15-7-14-22-24(23)32-40-30-21-13-6-5-12-20(21)28(38-30)36-26-17-9-2-1-8-16(17)25(34-26)35-27-18-10-3-4-11-19(18)29(37-27)39-31(22)41-32/h16-32,34-41H,1-15,33H2. The molecular formula is C32H57N9O3S. The number of hydrogen-bond donors (Lipinski definition) is 9. The molecule has 0 aromatic rings. The third-order valence-electron chi connectivity index (χ3n) is 14.3. The van der Waals surface area contributed by atoms with E-state index in [2.05, 4.69) is 42.5 Å². The van der Waals surface area contributed by atoms with Crippen molar-refractivity contribution in [2.24, 2.45) is 53.2 Å². The Labute approximate surface area is 269 Å². The minimum atomic E-state index is -3.87. The molecular weight excluding hydrogens is 590 g/mol. The maximum Gasteiger partial charge on any atom is 0.286 e. The number of rotatable bonds is 2. The Morgan fingerprint density at radius 1 is 0.400 bits per heavy atom. The highest BCUT2D eigenvalue weighted by Crippen LogP contribution is 2.46. The van der Waals surface area contributed by atoms with Crippen LogP contribution in [0.2, 0.25) is 0 Å². The Hall–Kier alpha value is -0.450. The summed E-state index contributed by atoms with van der Waals surface area (Å²) in [5, 5.41) is 32.0. The second-order valence-electron chi connectivity index (χ2n) is 16.3. The first-order valence-electron chi connectivity index (χ1n) is 18.7. The van der Waals surface area contributed by atoms with Gasteiger partial charge in [0, 0.05) is 5.92 Å². The fourth-order valence-electron chi connectivity index (χ4n) is 12.4. The van der Waals surface area contributed by atoms with Crippen LogP contribution < -0.4 is 48.4 Å². The fraction of sp³-hybridized carbons (Fsp3) is 1.00. The van der Waals surface area contributed by atoms with Crippen LogP contribution in [0.5, 0.6) is 0 Å². The third-order valence-corrected chi connectivity index (χ3v) is 15.9. The Morgan fingerprint density at radius 3 is 1.02 bits per heavy atom. The highest BCUT2D eigenvalue weighted by molar-refractivity contribution is 7.87. The van der Waals surface area contributed by atoms with Crippen LogP contribution in [0.15, 0.2) is 0 Å². The number of fused-ring (bicyclic) bond motifs is 20. The van der Waals surface area contributed by atoms with Crippen molar-refractivity contribution in [2.45, 2.75) is 151 Å². The van der Waals surface area contributed by atoms with Crippen LogP contribution in [0.3, 0.4) is 0 Å². The normalized spacial score (nSPS) is 54.6. The Balaban J connectivity index is 1.08. The van der Waals surface area contributed by atoms with E-state index in [0.29, 0.717) is 54.3 Å². The molecule has 10 N–H and O–H groups in total. The van der Waals surface area contributed by atoms with Crippen LogP contribution in [-0.4, -0.2) is 63.0 Å². The molecule has 9 aliphatic rings. The van der Waals surface area contributed by atoms with Gasteiger partial charge in [-0.25, -0.2) is 0 Å². The van der Waals surface area contributed by atoms with Crippen LogP contribution in [0.4, 0.5) is 0 Å². The average molecular weight is 648 g/mol. The van der Waals surface area contributed by atoms with Gasteiger partial charge in [-0.3, -0.25) is 42.5 Å². The van der Waals surface area contributed by atoms with Gasteiger partial charge in [0.25, 0.3) is 10.1 Å². The summed E-state index contributed by atoms with van der Waals surface area (Å²) in [6.45, 7) is 0. The van der Waals surface area contributed by atoms with E-state index in [-0.39, 0.29) is 48.8 Å². The van der Waals surface area contributed by atoms with Gasteiger partial charge in [0.2, 0.25) is 0 Å². The molecule has 0 aromatic heterocycles. The Morgan fingerprint density at radius 2 is 0.689 bits per heavy atom. The summed E-state index contributed by atoms with van der Waals surface area (Å²) in [5.74, 6) is 9.03. The van der Waals surface area contributed by atoms with E-state index in [4.69, 9.17) is 10.2 Å². The fourth-order valence-corrected chi connectivity index (χ4v) is 13.7. The van der Waals surface area contributed by atoms with E-state index < -0.39 is 15.4 Å². The summed E-state index contributed by atoms with van der Waals surface area (Å²) < 4.78 is 31.3. The molecule has 4 aliphatic carbocycles. The van der Waals surface area contributed by atoms with Gasteiger partial charge in [-0.15, -0.1) is 0 Å². The zero-order chi connectivity index (χ0) is 30.3. The largest absolute Gasteiger partial charge is 0.286 e. The molecule has 0 aromatic carbocycles. The molecule has 13 heteroatoms. The lowest BCUT2D eigenvalue weighted by molar-refractivity contribution is 0.165. The summed E-state index contributed by atoms with van der Waals surface area (Å²) in [4.78, 5) is 0. The van der Waals surface area contributed by atoms with Gasteiger partial charge < -0.3 is 0 Å². The molecule has 254 valence electrons. The predicted octanol–water partition coefficient (Wildman–Crippen LogP) is 0.804. The predicted molar refractivity (Wildman–Crippen MR) is 171 cm³/mol. The second kappa shape index (κ2) is 12.2. The maximum absolute atomic E-state index is 13.3. The lowest BCUT2D eigenvalue weighted by Gasteiger charge is -2.38. The summed E-state index contributed by atoms with van der Waals surface area (Å²) in [7, 11) is -3.87. The van der Waals surface area contributed by atoms with Crippen LogP contribution in [0.1, 0.15) is 96.3 Å². The molecule has 12 nitrogen and oxygen atoms in total. The van der Waals surface area contributed by atoms with Crippen molar-refractivity contribution in [2.75, 3.05) is 0 Å². The molecule has 0 spiro atoms. The second-order valence-corrected chi connectivity index (χ2v) is 18.1. The van der Waals surface area contributed by atoms with E-state index in [1.54, 1.807) is 0 Å². The average Bonchev–Trinajstić information content (AvgIpc) is 3.80. The van der Waals surface area contributed by atoms with Crippen LogP contribution in [-0.2, 0) is 14.4 Å². The Kier molecular flexibility index (Phi) is 8.26. The maximum atomic E-state index is 13.3. The molecule has 45 heavy (non-hydrogen) atoms. The lowest BCUT2D eigenvalue weighted by Crippen LogP contribution is -2.62. The molecule has 0 radical (unpaired) electrons. The molecule has 9 fully saturated rings. The first-order chi connectivity index (χ1) is 22.0. The van der Waals surface area contributed by atoms with Crippen molar-refractivity contribution in [3.8, 4) is 0 Å². The van der Waals surface area contributed by atoms with Crippen LogP contribution >= 0.6 is 0 Å². The summed E-state index contributed by atoms with van der Waals surface area (Å²) in [6.07, 6.45) is 19.1. The van der Waals surface area contributed by atoms with Crippen LogP contribution in [0, 0.1) is 47.3 Å². The van der Waals surface area contributed by atoms with E-state index in [1.165, 1.54) is 77.0 Å². The van der Waals surface area contributed by atoms with Crippen molar-refractivity contribution in [1.82, 2.24) is 42.5 Å². The monoisotopic (exact) mass is 647 g/mol. The molecule has 5 aliphatic heterocycles. The van der Waals surface area contributed by atoms with Crippen molar-refractivity contribution in [3.63, 3.8) is 0 Å². The van der Waals surface area contributed by atoms with Gasteiger partial charge in [-0.05, 0) is 92.8 Å². The lowest BCUT2D eigenvalue weighted by atomic mass is 9.76. The van der Waals surface area contributed by atoms with Crippen molar-refractivity contribution >= 4 is 10.1 Å². The van der Waals surface area contributed by atoms with Gasteiger partial charge in [0.1, 0.15) is 0 Å². The van der Waals surface area contributed by atoms with Gasteiger partial charge in [0.05, 0.1) is 54.6 Å². The molecule has 8 bridgehead atoms. The van der Waals surface area contributed by atoms with Gasteiger partial charge in [-0.2, -0.15) is 18.6 Å². The van der Waals surface area contributed by atoms with Gasteiger partial charge in [0.15, 0.2) is 0 Å². The molecule has 9 rings (SSSR count). The zero-order valence-corrected chi connectivity index (χ0v) is 27.4. The Bertz CT molecular complexity index is 1190. The topological polar surface area (TPSA) is 166 Å². The number of nitrogens with two attached hydrogens (primary N) is 1. The third kappa shape index (κ3) is 5.26. The summed E-state index contributed by atoms with van der Waals surface area (Å²) in [5.41, 5.74) is 0. The molecule has 5 saturated heterocycles. The van der Waals surface area contributed by atoms with Crippen LogP contribution in [0.25, 0.3) is 0 Å². The highest BCUT2D eigenvalue weighted by Gasteiger charge is 2.57. The number of hydrogen-bond acceptors (Lipinski definition) is 12. The highest BCUT2D eigenvalue weighted by atomic mass is 32.2. The van der Waals surface area contributed by atoms with Crippen molar-refractivity contribution < 1.29 is 12.7 Å². The first-order valence-corrected chi connectivity index (χ1v) is 20.2. The summed E-state index contributed by atoms with van der Waals surface area (Å²) in [6, 6.07) is 0. The molecule has 0 amide bonds. The first kappa shape index (κ1) is 30.6. The quantitative estimate of drug-likeness (QED) is 0.194. The molecule has 4 saturated carbocycles. The number of nitrogens with one attached hydrogen (secondary N) is 8. The summed E-state index contributed by atoms with van der Waals surface area (Å²) >= 11 is 0. The SMILES string of the molecule is NOS(=O)(=O)C1CCCC2C3NC4NC(NC5NC(NC6NC(NC(N3)C21)C1CCCCC61)C1CCCCC51)C1CCCCC41. The minimum absolute atomic E-state index is 0.0178. The molecule has 17 unspecified atom stereocenters. The van der Waals surface area contributed by atoms with Crippen molar-refractivity contribution in [3.05, 3.63) is 0 Å². The van der Waals surface area contributed by atoms with E-state index in [9.17, 15) is 8.42 Å². The molecule has 5 heterocycles. The van der Waals surface area contributed by atoms with E-state index in [1.807, 2.05) is 0 Å².